The maximum atomic E-state index is 12.3. The monoisotopic (exact) mass is 276 g/mol. The van der Waals surface area contributed by atoms with Gasteiger partial charge in [0.25, 0.3) is 5.91 Å². The second-order valence-corrected chi connectivity index (χ2v) is 5.95. The van der Waals surface area contributed by atoms with Crippen molar-refractivity contribution in [3.63, 3.8) is 0 Å². The summed E-state index contributed by atoms with van der Waals surface area (Å²) in [7, 11) is 0. The number of imidazole rings is 1. The summed E-state index contributed by atoms with van der Waals surface area (Å²) in [4.78, 5) is 31.9. The number of rotatable bonds is 4. The Morgan fingerprint density at radius 1 is 1.40 bits per heavy atom. The number of carbonyl (C=O) groups excluding carboxylic acids is 2. The van der Waals surface area contributed by atoms with Crippen molar-refractivity contribution in [2.75, 3.05) is 6.54 Å². The van der Waals surface area contributed by atoms with Gasteiger partial charge in [-0.25, -0.2) is 9.78 Å². The van der Waals surface area contributed by atoms with Crippen LogP contribution in [0.25, 0.3) is 0 Å². The molecule has 2 aliphatic heterocycles. The molecule has 0 spiro atoms. The van der Waals surface area contributed by atoms with Crippen LogP contribution >= 0.6 is 0 Å². The van der Waals surface area contributed by atoms with Crippen molar-refractivity contribution in [1.29, 1.82) is 0 Å². The molecule has 0 N–H and O–H groups in total. The molecule has 1 atom stereocenters. The minimum atomic E-state index is -0.226. The fourth-order valence-corrected chi connectivity index (χ4v) is 3.02. The van der Waals surface area contributed by atoms with E-state index < -0.39 is 0 Å². The predicted molar refractivity (Wildman–Crippen MR) is 72.7 cm³/mol. The number of fused-ring (bicyclic) bond motifs is 1. The van der Waals surface area contributed by atoms with E-state index in [4.69, 9.17) is 0 Å². The van der Waals surface area contributed by atoms with E-state index in [1.54, 1.807) is 11.1 Å². The van der Waals surface area contributed by atoms with Gasteiger partial charge in [-0.3, -0.25) is 9.69 Å². The zero-order chi connectivity index (χ0) is 14.3. The molecule has 108 valence electrons. The van der Waals surface area contributed by atoms with E-state index in [9.17, 15) is 9.59 Å². The molecule has 2 fully saturated rings. The Bertz CT molecular complexity index is 515. The molecule has 2 saturated heterocycles. The Morgan fingerprint density at radius 3 is 2.90 bits per heavy atom. The molecule has 0 aromatic carbocycles. The van der Waals surface area contributed by atoms with Crippen LogP contribution in [0.2, 0.25) is 0 Å². The van der Waals surface area contributed by atoms with Crippen molar-refractivity contribution >= 4 is 11.9 Å². The van der Waals surface area contributed by atoms with Gasteiger partial charge in [0.15, 0.2) is 0 Å². The summed E-state index contributed by atoms with van der Waals surface area (Å²) in [5, 5.41) is 0. The molecule has 0 unspecified atom stereocenters. The molecule has 20 heavy (non-hydrogen) atoms. The maximum Gasteiger partial charge on any atom is 0.327 e. The van der Waals surface area contributed by atoms with Crippen molar-refractivity contribution in [2.24, 2.45) is 5.92 Å². The fourth-order valence-electron chi connectivity index (χ4n) is 3.02. The van der Waals surface area contributed by atoms with Crippen LogP contribution in [0.1, 0.15) is 32.5 Å². The molecule has 0 radical (unpaired) electrons. The zero-order valence-corrected chi connectivity index (χ0v) is 12.0. The zero-order valence-electron chi connectivity index (χ0n) is 12.0. The molecule has 6 heteroatoms. The molecular formula is C14H20N4O2. The predicted octanol–water partition coefficient (Wildman–Crippen LogP) is 1.47. The van der Waals surface area contributed by atoms with Crippen LogP contribution < -0.4 is 0 Å². The molecule has 1 aromatic heterocycles. The molecule has 2 aliphatic rings. The smallest absolute Gasteiger partial charge is 0.327 e. The second-order valence-electron chi connectivity index (χ2n) is 5.95. The lowest BCUT2D eigenvalue weighted by atomic mass is 10.2. The van der Waals surface area contributed by atoms with E-state index in [0.29, 0.717) is 12.5 Å². The van der Waals surface area contributed by atoms with Gasteiger partial charge in [0.05, 0.1) is 6.54 Å². The van der Waals surface area contributed by atoms with Crippen molar-refractivity contribution in [1.82, 2.24) is 19.4 Å². The van der Waals surface area contributed by atoms with Gasteiger partial charge >= 0.3 is 6.03 Å². The van der Waals surface area contributed by atoms with Gasteiger partial charge in [-0.1, -0.05) is 13.8 Å². The summed E-state index contributed by atoms with van der Waals surface area (Å²) in [6.07, 6.45) is 5.35. The first kappa shape index (κ1) is 13.1. The molecular weight excluding hydrogens is 256 g/mol. The summed E-state index contributed by atoms with van der Waals surface area (Å²) in [6.45, 7) is 6.09. The average molecular weight is 276 g/mol. The summed E-state index contributed by atoms with van der Waals surface area (Å²) in [5.74, 6) is 1.21. The minimum absolute atomic E-state index is 0.0633. The first-order chi connectivity index (χ1) is 9.58. The Hall–Kier alpha value is -1.85. The van der Waals surface area contributed by atoms with Gasteiger partial charge in [0.2, 0.25) is 0 Å². The van der Waals surface area contributed by atoms with Gasteiger partial charge in [0, 0.05) is 25.5 Å². The molecule has 6 nitrogen and oxygen atoms in total. The van der Waals surface area contributed by atoms with E-state index in [2.05, 4.69) is 18.8 Å². The third-order valence-corrected chi connectivity index (χ3v) is 3.94. The van der Waals surface area contributed by atoms with Crippen LogP contribution in [0.3, 0.4) is 0 Å². The first-order valence-corrected chi connectivity index (χ1v) is 7.20. The number of hydrogen-bond donors (Lipinski definition) is 0. The van der Waals surface area contributed by atoms with Crippen LogP contribution in [0.5, 0.6) is 0 Å². The molecule has 0 bridgehead atoms. The van der Waals surface area contributed by atoms with Crippen LogP contribution in [0.15, 0.2) is 12.4 Å². The van der Waals surface area contributed by atoms with Gasteiger partial charge in [-0.05, 0) is 18.8 Å². The van der Waals surface area contributed by atoms with E-state index >= 15 is 0 Å². The molecule has 3 heterocycles. The molecule has 0 aliphatic carbocycles. The topological polar surface area (TPSA) is 58.4 Å². The number of urea groups is 1. The number of amides is 3. The number of imide groups is 1. The molecule has 3 rings (SSSR count). The Labute approximate surface area is 118 Å². The Kier molecular flexibility index (Phi) is 3.23. The number of nitrogens with zero attached hydrogens (tertiary/aromatic N) is 4. The Morgan fingerprint density at radius 2 is 2.20 bits per heavy atom. The number of carbonyl (C=O) groups is 2. The van der Waals surface area contributed by atoms with Crippen LogP contribution in [-0.2, 0) is 17.9 Å². The quantitative estimate of drug-likeness (QED) is 0.782. The van der Waals surface area contributed by atoms with E-state index in [0.717, 1.165) is 25.2 Å². The maximum absolute atomic E-state index is 12.3. The highest BCUT2D eigenvalue weighted by Gasteiger charge is 2.47. The highest BCUT2D eigenvalue weighted by atomic mass is 16.2. The molecule has 1 aromatic rings. The van der Waals surface area contributed by atoms with Gasteiger partial charge < -0.3 is 9.47 Å². The van der Waals surface area contributed by atoms with Gasteiger partial charge in [-0.15, -0.1) is 0 Å². The first-order valence-electron chi connectivity index (χ1n) is 7.20. The fraction of sp³-hybridized carbons (Fsp3) is 0.643. The highest BCUT2D eigenvalue weighted by molar-refractivity contribution is 6.04. The standard InChI is InChI=1S/C14H20N4O2/c1-10(2)8-16-7-5-15-12(16)9-18-13(19)11-4-3-6-17(11)14(18)20/h5,7,10-11H,3-4,6,8-9H2,1-2H3/t11-/m1/s1. The number of hydrogen-bond acceptors (Lipinski definition) is 3. The summed E-state index contributed by atoms with van der Waals surface area (Å²) in [5.41, 5.74) is 0. The number of aromatic nitrogens is 2. The largest absolute Gasteiger partial charge is 0.333 e. The lowest BCUT2D eigenvalue weighted by Gasteiger charge is -2.17. The SMILES string of the molecule is CC(C)Cn1ccnc1CN1C(=O)[C@H]2CCCN2C1=O. The summed E-state index contributed by atoms with van der Waals surface area (Å²) >= 11 is 0. The summed E-state index contributed by atoms with van der Waals surface area (Å²) < 4.78 is 2.02. The third kappa shape index (κ3) is 2.09. The summed E-state index contributed by atoms with van der Waals surface area (Å²) in [6, 6.07) is -0.382. The van der Waals surface area contributed by atoms with Crippen LogP contribution in [0.4, 0.5) is 4.79 Å². The van der Waals surface area contributed by atoms with Gasteiger partial charge in [0.1, 0.15) is 11.9 Å². The van der Waals surface area contributed by atoms with Crippen molar-refractivity contribution < 1.29 is 9.59 Å². The van der Waals surface area contributed by atoms with Gasteiger partial charge in [-0.2, -0.15) is 0 Å². The normalized spacial score (nSPS) is 22.2. The lowest BCUT2D eigenvalue weighted by Crippen LogP contribution is -2.33. The van der Waals surface area contributed by atoms with E-state index in [1.807, 2.05) is 10.8 Å². The van der Waals surface area contributed by atoms with E-state index in [-0.39, 0.29) is 24.5 Å². The Balaban J connectivity index is 1.77. The second kappa shape index (κ2) is 4.92. The van der Waals surface area contributed by atoms with Crippen molar-refractivity contribution in [3.8, 4) is 0 Å². The molecule has 0 saturated carbocycles. The molecule has 3 amide bonds. The lowest BCUT2D eigenvalue weighted by molar-refractivity contribution is -0.128. The van der Waals surface area contributed by atoms with Crippen molar-refractivity contribution in [2.45, 2.75) is 45.8 Å². The highest BCUT2D eigenvalue weighted by Crippen LogP contribution is 2.28. The van der Waals surface area contributed by atoms with Crippen LogP contribution in [0, 0.1) is 5.92 Å². The van der Waals surface area contributed by atoms with E-state index in [1.165, 1.54) is 4.90 Å². The van der Waals surface area contributed by atoms with Crippen LogP contribution in [-0.4, -0.2) is 43.9 Å². The average Bonchev–Trinajstić information content (AvgIpc) is 3.06. The van der Waals surface area contributed by atoms with Crippen molar-refractivity contribution in [3.05, 3.63) is 18.2 Å². The minimum Gasteiger partial charge on any atom is -0.333 e. The third-order valence-electron chi connectivity index (χ3n) is 3.94.